The lowest BCUT2D eigenvalue weighted by molar-refractivity contribution is 0.100. The van der Waals surface area contributed by atoms with Gasteiger partial charge in [0.25, 0.3) is 0 Å². The van der Waals surface area contributed by atoms with Crippen molar-refractivity contribution in [3.05, 3.63) is 16.4 Å². The van der Waals surface area contributed by atoms with Gasteiger partial charge < -0.3 is 0 Å². The van der Waals surface area contributed by atoms with Crippen molar-refractivity contribution in [3.63, 3.8) is 0 Å². The number of rotatable bonds is 5. The second-order valence-electron chi connectivity index (χ2n) is 5.37. The van der Waals surface area contributed by atoms with E-state index in [1.54, 1.807) is 6.20 Å². The first-order valence-corrected chi connectivity index (χ1v) is 8.81. The third-order valence-corrected chi connectivity index (χ3v) is 5.46. The average molecular weight is 345 g/mol. The highest BCUT2D eigenvalue weighted by atomic mass is 79.9. The fourth-order valence-corrected chi connectivity index (χ4v) is 4.17. The summed E-state index contributed by atoms with van der Waals surface area (Å²) in [6.07, 6.45) is 8.25. The highest BCUT2D eigenvalue weighted by Gasteiger charge is 2.21. The Kier molecular flexibility index (Phi) is 5.51. The second-order valence-corrected chi connectivity index (χ2v) is 7.52. The van der Waals surface area contributed by atoms with Crippen molar-refractivity contribution in [1.82, 2.24) is 9.78 Å². The Balaban J connectivity index is 1.97. The number of halogens is 1. The lowest BCUT2D eigenvalue weighted by Gasteiger charge is -2.20. The molecule has 0 aliphatic heterocycles. The van der Waals surface area contributed by atoms with Crippen LogP contribution in [0.2, 0.25) is 0 Å². The van der Waals surface area contributed by atoms with Crippen molar-refractivity contribution in [3.8, 4) is 0 Å². The van der Waals surface area contributed by atoms with E-state index >= 15 is 0 Å². The Morgan fingerprint density at radius 1 is 1.47 bits per heavy atom. The van der Waals surface area contributed by atoms with Crippen molar-refractivity contribution in [2.24, 2.45) is 0 Å². The number of Topliss-reactive ketones (excluding diaryl/α,β-unsaturated/α-hetero) is 1. The molecule has 19 heavy (non-hydrogen) atoms. The molecular weight excluding hydrogens is 324 g/mol. The quantitative estimate of drug-likeness (QED) is 0.738. The van der Waals surface area contributed by atoms with E-state index in [4.69, 9.17) is 0 Å². The summed E-state index contributed by atoms with van der Waals surface area (Å²) in [6.45, 7) is 4.09. The molecular formula is C14H21BrN2OS. The number of hydrogen-bond donors (Lipinski definition) is 0. The number of nitrogens with zero attached hydrogens (tertiary/aromatic N) is 2. The monoisotopic (exact) mass is 344 g/mol. The van der Waals surface area contributed by atoms with E-state index in [2.05, 4.69) is 21.0 Å². The van der Waals surface area contributed by atoms with Gasteiger partial charge in [0.15, 0.2) is 5.78 Å². The van der Waals surface area contributed by atoms with Crippen LogP contribution >= 0.6 is 27.7 Å². The topological polar surface area (TPSA) is 34.9 Å². The van der Waals surface area contributed by atoms with Crippen LogP contribution < -0.4 is 0 Å². The standard InChI is InChI=1S/C14H21BrN2OS/c1-10(2)17-14(12(15)8-16-17)13(18)9-19-11-6-4-3-5-7-11/h8,10-11H,3-7,9H2,1-2H3. The van der Waals surface area contributed by atoms with Gasteiger partial charge in [-0.15, -0.1) is 0 Å². The summed E-state index contributed by atoms with van der Waals surface area (Å²) in [7, 11) is 0. The zero-order chi connectivity index (χ0) is 13.8. The minimum absolute atomic E-state index is 0.189. The molecule has 1 aliphatic rings. The molecule has 0 spiro atoms. The van der Waals surface area contributed by atoms with Crippen LogP contribution in [0.5, 0.6) is 0 Å². The van der Waals surface area contributed by atoms with E-state index in [9.17, 15) is 4.79 Å². The fourth-order valence-electron chi connectivity index (χ4n) is 2.49. The SMILES string of the molecule is CC(C)n1ncc(Br)c1C(=O)CSC1CCCCC1. The highest BCUT2D eigenvalue weighted by molar-refractivity contribution is 9.10. The van der Waals surface area contributed by atoms with Gasteiger partial charge in [-0.3, -0.25) is 9.48 Å². The van der Waals surface area contributed by atoms with Gasteiger partial charge in [-0.05, 0) is 42.6 Å². The van der Waals surface area contributed by atoms with E-state index in [0.29, 0.717) is 11.0 Å². The van der Waals surface area contributed by atoms with Gasteiger partial charge in [0.2, 0.25) is 0 Å². The van der Waals surface area contributed by atoms with Crippen LogP contribution in [0.15, 0.2) is 10.7 Å². The zero-order valence-electron chi connectivity index (χ0n) is 11.6. The molecule has 3 nitrogen and oxygen atoms in total. The second kappa shape index (κ2) is 6.93. The Labute approximate surface area is 127 Å². The fraction of sp³-hybridized carbons (Fsp3) is 0.714. The van der Waals surface area contributed by atoms with Gasteiger partial charge >= 0.3 is 0 Å². The minimum Gasteiger partial charge on any atom is -0.291 e. The summed E-state index contributed by atoms with van der Waals surface area (Å²) >= 11 is 5.26. The molecule has 1 fully saturated rings. The molecule has 1 saturated carbocycles. The van der Waals surface area contributed by atoms with Crippen LogP contribution in [0, 0.1) is 0 Å². The summed E-state index contributed by atoms with van der Waals surface area (Å²) in [5, 5.41) is 4.94. The predicted octanol–water partition coefficient (Wildman–Crippen LogP) is 4.48. The number of thioether (sulfide) groups is 1. The maximum atomic E-state index is 12.4. The van der Waals surface area contributed by atoms with Crippen LogP contribution in [0.1, 0.15) is 62.5 Å². The molecule has 106 valence electrons. The lowest BCUT2D eigenvalue weighted by Crippen LogP contribution is -2.17. The summed E-state index contributed by atoms with van der Waals surface area (Å²) in [5.74, 6) is 0.760. The Hall–Kier alpha value is -0.290. The van der Waals surface area contributed by atoms with Crippen LogP contribution in [0.4, 0.5) is 0 Å². The first-order chi connectivity index (χ1) is 9.09. The maximum absolute atomic E-state index is 12.4. The molecule has 1 heterocycles. The zero-order valence-corrected chi connectivity index (χ0v) is 14.0. The van der Waals surface area contributed by atoms with Gasteiger partial charge in [0.05, 0.1) is 16.4 Å². The van der Waals surface area contributed by atoms with Gasteiger partial charge in [-0.1, -0.05) is 19.3 Å². The van der Waals surface area contributed by atoms with E-state index in [-0.39, 0.29) is 11.8 Å². The molecule has 0 atom stereocenters. The molecule has 0 bridgehead atoms. The molecule has 0 unspecified atom stereocenters. The number of carbonyl (C=O) groups is 1. The molecule has 5 heteroatoms. The molecule has 0 N–H and O–H groups in total. The minimum atomic E-state index is 0.189. The third-order valence-electron chi connectivity index (χ3n) is 3.51. The van der Waals surface area contributed by atoms with E-state index in [0.717, 1.165) is 10.2 Å². The summed E-state index contributed by atoms with van der Waals surface area (Å²) < 4.78 is 2.63. The molecule has 0 amide bonds. The lowest BCUT2D eigenvalue weighted by atomic mass is 10.0. The van der Waals surface area contributed by atoms with Gasteiger partial charge in [0.1, 0.15) is 5.69 Å². The summed E-state index contributed by atoms with van der Waals surface area (Å²) in [4.78, 5) is 12.4. The average Bonchev–Trinajstić information content (AvgIpc) is 2.79. The number of aromatic nitrogens is 2. The first kappa shape index (κ1) is 15.1. The van der Waals surface area contributed by atoms with Crippen molar-refractivity contribution in [2.75, 3.05) is 5.75 Å². The Morgan fingerprint density at radius 2 is 2.16 bits per heavy atom. The van der Waals surface area contributed by atoms with Crippen molar-refractivity contribution >= 4 is 33.5 Å². The first-order valence-electron chi connectivity index (χ1n) is 6.97. The number of ketones is 1. The highest BCUT2D eigenvalue weighted by Crippen LogP contribution is 2.29. The molecule has 1 aliphatic carbocycles. The van der Waals surface area contributed by atoms with Crippen LogP contribution in [-0.2, 0) is 0 Å². The molecule has 0 aromatic carbocycles. The van der Waals surface area contributed by atoms with Crippen molar-refractivity contribution in [2.45, 2.75) is 57.2 Å². The molecule has 1 aromatic heterocycles. The van der Waals surface area contributed by atoms with Crippen LogP contribution in [0.25, 0.3) is 0 Å². The van der Waals surface area contributed by atoms with Gasteiger partial charge in [-0.25, -0.2) is 0 Å². The van der Waals surface area contributed by atoms with Gasteiger partial charge in [-0.2, -0.15) is 16.9 Å². The van der Waals surface area contributed by atoms with Crippen molar-refractivity contribution < 1.29 is 4.79 Å². The normalized spacial score (nSPS) is 17.1. The van der Waals surface area contributed by atoms with Crippen LogP contribution in [-0.4, -0.2) is 26.6 Å². The van der Waals surface area contributed by atoms with Crippen molar-refractivity contribution in [1.29, 1.82) is 0 Å². The van der Waals surface area contributed by atoms with Gasteiger partial charge in [0, 0.05) is 11.3 Å². The van der Waals surface area contributed by atoms with E-state index in [1.165, 1.54) is 32.1 Å². The summed E-state index contributed by atoms with van der Waals surface area (Å²) in [6, 6.07) is 0.213. The molecule has 0 saturated heterocycles. The largest absolute Gasteiger partial charge is 0.291 e. The Bertz CT molecular complexity index is 439. The smallest absolute Gasteiger partial charge is 0.191 e. The van der Waals surface area contributed by atoms with Crippen LogP contribution in [0.3, 0.4) is 0 Å². The number of hydrogen-bond acceptors (Lipinski definition) is 3. The Morgan fingerprint density at radius 3 is 2.79 bits per heavy atom. The van der Waals surface area contributed by atoms with E-state index < -0.39 is 0 Å². The third kappa shape index (κ3) is 3.85. The summed E-state index contributed by atoms with van der Waals surface area (Å²) in [5.41, 5.74) is 0.721. The number of carbonyl (C=O) groups excluding carboxylic acids is 1. The van der Waals surface area contributed by atoms with E-state index in [1.807, 2.05) is 30.3 Å². The molecule has 1 aromatic rings. The molecule has 2 rings (SSSR count). The predicted molar refractivity (Wildman–Crippen MR) is 84.0 cm³/mol. The maximum Gasteiger partial charge on any atom is 0.191 e. The molecule has 0 radical (unpaired) electrons.